The number of hydrogen-bond acceptors (Lipinski definition) is 4. The van der Waals surface area contributed by atoms with Gasteiger partial charge in [-0.1, -0.05) is 26.2 Å². The van der Waals surface area contributed by atoms with Gasteiger partial charge in [0.2, 0.25) is 5.78 Å². The molecule has 0 aliphatic carbocycles. The molecule has 0 bridgehead atoms. The van der Waals surface area contributed by atoms with Gasteiger partial charge in [0.15, 0.2) is 0 Å². The lowest BCUT2D eigenvalue weighted by molar-refractivity contribution is -0.144. The molecule has 6 nitrogen and oxygen atoms in total. The predicted octanol–water partition coefficient (Wildman–Crippen LogP) is 0.478. The highest BCUT2D eigenvalue weighted by atomic mass is 16.4. The Morgan fingerprint density at radius 1 is 1.17 bits per heavy atom. The summed E-state index contributed by atoms with van der Waals surface area (Å²) in [5.74, 6) is -2.74. The molecule has 1 amide bonds. The average Bonchev–Trinajstić information content (AvgIpc) is 2.33. The van der Waals surface area contributed by atoms with E-state index in [0.717, 1.165) is 19.3 Å². The Bertz CT molecular complexity index is 290. The molecular weight excluding hydrogens is 238 g/mol. The van der Waals surface area contributed by atoms with Crippen LogP contribution in [0, 0.1) is 0 Å². The Morgan fingerprint density at radius 3 is 2.33 bits per heavy atom. The molecule has 0 saturated heterocycles. The first-order chi connectivity index (χ1) is 8.52. The summed E-state index contributed by atoms with van der Waals surface area (Å²) in [6.07, 6.45) is 3.60. The number of carboxylic acids is 1. The largest absolute Gasteiger partial charge is 0.480 e. The quantitative estimate of drug-likeness (QED) is 0.391. The fraction of sp³-hybridized carbons (Fsp3) is 0.750. The third kappa shape index (κ3) is 7.01. The molecule has 0 aliphatic rings. The van der Waals surface area contributed by atoms with Crippen LogP contribution in [0.15, 0.2) is 0 Å². The number of ketones is 1. The Hall–Kier alpha value is -1.43. The van der Waals surface area contributed by atoms with Gasteiger partial charge < -0.3 is 15.5 Å². The van der Waals surface area contributed by atoms with Crippen LogP contribution in [0.2, 0.25) is 0 Å². The van der Waals surface area contributed by atoms with Gasteiger partial charge in [-0.3, -0.25) is 9.59 Å². The molecular formula is C12H21NO5. The molecule has 0 radical (unpaired) electrons. The van der Waals surface area contributed by atoms with Gasteiger partial charge in [0.1, 0.15) is 6.04 Å². The van der Waals surface area contributed by atoms with Crippen molar-refractivity contribution in [1.82, 2.24) is 5.32 Å². The zero-order valence-corrected chi connectivity index (χ0v) is 10.6. The standard InChI is InChI=1S/C12H21NO5/c1-2-3-4-5-6-10(15)11(16)13-9(7-8-14)12(17)18/h9,14H,2-8H2,1H3,(H,13,16)(H,17,18)/t9-/m0/s1. The molecule has 0 aliphatic heterocycles. The van der Waals surface area contributed by atoms with E-state index in [9.17, 15) is 14.4 Å². The van der Waals surface area contributed by atoms with E-state index in [1.807, 2.05) is 6.92 Å². The van der Waals surface area contributed by atoms with Crippen LogP contribution < -0.4 is 5.32 Å². The van der Waals surface area contributed by atoms with Crippen LogP contribution in [0.4, 0.5) is 0 Å². The van der Waals surface area contributed by atoms with E-state index in [-0.39, 0.29) is 19.4 Å². The molecule has 18 heavy (non-hydrogen) atoms. The van der Waals surface area contributed by atoms with Gasteiger partial charge in [-0.15, -0.1) is 0 Å². The van der Waals surface area contributed by atoms with Crippen LogP contribution in [0.1, 0.15) is 45.4 Å². The third-order valence-corrected chi connectivity index (χ3v) is 2.53. The maximum absolute atomic E-state index is 11.4. The molecule has 0 fully saturated rings. The minimum Gasteiger partial charge on any atom is -0.480 e. The number of nitrogens with one attached hydrogen (secondary N) is 1. The van der Waals surface area contributed by atoms with Crippen molar-refractivity contribution in [2.45, 2.75) is 51.5 Å². The summed E-state index contributed by atoms with van der Waals surface area (Å²) in [4.78, 5) is 33.5. The molecule has 0 aromatic carbocycles. The van der Waals surface area contributed by atoms with E-state index < -0.39 is 23.7 Å². The Balaban J connectivity index is 4.04. The summed E-state index contributed by atoms with van der Waals surface area (Å²) in [5.41, 5.74) is 0. The second-order valence-electron chi connectivity index (χ2n) is 4.11. The average molecular weight is 259 g/mol. The molecule has 0 heterocycles. The second kappa shape index (κ2) is 9.58. The number of rotatable bonds is 10. The highest BCUT2D eigenvalue weighted by Crippen LogP contribution is 2.03. The number of carboxylic acid groups (broad SMARTS) is 1. The first kappa shape index (κ1) is 16.6. The number of hydrogen-bond donors (Lipinski definition) is 3. The van der Waals surface area contributed by atoms with Gasteiger partial charge in [-0.05, 0) is 6.42 Å². The lowest BCUT2D eigenvalue weighted by Crippen LogP contribution is -2.44. The van der Waals surface area contributed by atoms with Crippen molar-refractivity contribution in [3.8, 4) is 0 Å². The fourth-order valence-electron chi connectivity index (χ4n) is 1.45. The number of amides is 1. The maximum Gasteiger partial charge on any atom is 0.326 e. The van der Waals surface area contributed by atoms with Crippen LogP contribution >= 0.6 is 0 Å². The van der Waals surface area contributed by atoms with E-state index in [2.05, 4.69) is 5.32 Å². The molecule has 1 atom stereocenters. The van der Waals surface area contributed by atoms with E-state index in [4.69, 9.17) is 10.2 Å². The van der Waals surface area contributed by atoms with Crippen LogP contribution in [-0.2, 0) is 14.4 Å². The van der Waals surface area contributed by atoms with Crippen molar-refractivity contribution >= 4 is 17.7 Å². The summed E-state index contributed by atoms with van der Waals surface area (Å²) in [5, 5.41) is 19.5. The van der Waals surface area contributed by atoms with Crippen LogP contribution in [0.25, 0.3) is 0 Å². The summed E-state index contributed by atoms with van der Waals surface area (Å²) in [6, 6.07) is -1.21. The van der Waals surface area contributed by atoms with Crippen molar-refractivity contribution in [3.63, 3.8) is 0 Å². The van der Waals surface area contributed by atoms with E-state index in [1.54, 1.807) is 0 Å². The molecule has 0 saturated carbocycles. The Labute approximate surface area is 106 Å². The molecule has 0 aromatic heterocycles. The molecule has 0 aromatic rings. The lowest BCUT2D eigenvalue weighted by Gasteiger charge is -2.12. The van der Waals surface area contributed by atoms with Gasteiger partial charge in [0.25, 0.3) is 5.91 Å². The van der Waals surface area contributed by atoms with Crippen LogP contribution in [0.5, 0.6) is 0 Å². The second-order valence-corrected chi connectivity index (χ2v) is 4.11. The van der Waals surface area contributed by atoms with Gasteiger partial charge >= 0.3 is 5.97 Å². The monoisotopic (exact) mass is 259 g/mol. The normalized spacial score (nSPS) is 11.9. The van der Waals surface area contributed by atoms with Gasteiger partial charge in [0.05, 0.1) is 0 Å². The molecule has 6 heteroatoms. The number of aliphatic carboxylic acids is 1. The SMILES string of the molecule is CCCCCCC(=O)C(=O)N[C@@H](CCO)C(=O)O. The maximum atomic E-state index is 11.4. The van der Waals surface area contributed by atoms with E-state index in [1.165, 1.54) is 0 Å². The topological polar surface area (TPSA) is 104 Å². The lowest BCUT2D eigenvalue weighted by atomic mass is 10.1. The number of Topliss-reactive ketones (excluding diaryl/α,β-unsaturated/α-hetero) is 1. The number of aliphatic hydroxyl groups excluding tert-OH is 1. The zero-order chi connectivity index (χ0) is 14.0. The van der Waals surface area contributed by atoms with Gasteiger partial charge in [-0.25, -0.2) is 4.79 Å². The molecule has 3 N–H and O–H groups in total. The van der Waals surface area contributed by atoms with Crippen molar-refractivity contribution in [3.05, 3.63) is 0 Å². The summed E-state index contributed by atoms with van der Waals surface area (Å²) in [7, 11) is 0. The van der Waals surface area contributed by atoms with Gasteiger partial charge in [0, 0.05) is 19.4 Å². The number of aliphatic hydroxyl groups is 1. The van der Waals surface area contributed by atoms with Crippen molar-refractivity contribution in [2.75, 3.05) is 6.61 Å². The summed E-state index contributed by atoms with van der Waals surface area (Å²) >= 11 is 0. The minimum absolute atomic E-state index is 0.107. The third-order valence-electron chi connectivity index (χ3n) is 2.53. The minimum atomic E-state index is -1.25. The number of carbonyl (C=O) groups is 3. The fourth-order valence-corrected chi connectivity index (χ4v) is 1.45. The summed E-state index contributed by atoms with van der Waals surface area (Å²) < 4.78 is 0. The summed E-state index contributed by atoms with van der Waals surface area (Å²) in [6.45, 7) is 1.68. The van der Waals surface area contributed by atoms with Gasteiger partial charge in [-0.2, -0.15) is 0 Å². The molecule has 0 rings (SSSR count). The van der Waals surface area contributed by atoms with Crippen molar-refractivity contribution in [2.24, 2.45) is 0 Å². The Morgan fingerprint density at radius 2 is 1.83 bits per heavy atom. The first-order valence-electron chi connectivity index (χ1n) is 6.20. The van der Waals surface area contributed by atoms with Crippen LogP contribution in [0.3, 0.4) is 0 Å². The number of unbranched alkanes of at least 4 members (excludes halogenated alkanes) is 3. The molecule has 0 unspecified atom stereocenters. The molecule has 104 valence electrons. The smallest absolute Gasteiger partial charge is 0.326 e. The van der Waals surface area contributed by atoms with E-state index in [0.29, 0.717) is 6.42 Å². The van der Waals surface area contributed by atoms with Crippen molar-refractivity contribution < 1.29 is 24.6 Å². The number of carbonyl (C=O) groups excluding carboxylic acids is 2. The highest BCUT2D eigenvalue weighted by Gasteiger charge is 2.22. The highest BCUT2D eigenvalue weighted by molar-refractivity contribution is 6.36. The Kier molecular flexibility index (Phi) is 8.82. The predicted molar refractivity (Wildman–Crippen MR) is 65.0 cm³/mol. The first-order valence-corrected chi connectivity index (χ1v) is 6.20. The van der Waals surface area contributed by atoms with Crippen LogP contribution in [-0.4, -0.2) is 40.5 Å². The van der Waals surface area contributed by atoms with E-state index >= 15 is 0 Å². The van der Waals surface area contributed by atoms with Crippen molar-refractivity contribution in [1.29, 1.82) is 0 Å². The molecule has 0 spiro atoms. The zero-order valence-electron chi connectivity index (χ0n) is 10.6.